The van der Waals surface area contributed by atoms with Crippen LogP contribution in [0.2, 0.25) is 18.1 Å². The van der Waals surface area contributed by atoms with Gasteiger partial charge in [-0.2, -0.15) is 0 Å². The number of esters is 1. The van der Waals surface area contributed by atoms with E-state index < -0.39 is 26.5 Å². The predicted molar refractivity (Wildman–Crippen MR) is 122 cm³/mol. The number of ketones is 1. The van der Waals surface area contributed by atoms with E-state index in [0.29, 0.717) is 11.1 Å². The Morgan fingerprint density at radius 2 is 1.40 bits per heavy atom. The highest BCUT2D eigenvalue weighted by Crippen LogP contribution is 2.37. The second-order valence-corrected chi connectivity index (χ2v) is 13.5. The lowest BCUT2D eigenvalue weighted by atomic mass is 10.1. The number of rotatable bonds is 6. The predicted octanol–water partition coefficient (Wildman–Crippen LogP) is 5.51. The van der Waals surface area contributed by atoms with Crippen LogP contribution in [0.4, 0.5) is 0 Å². The van der Waals surface area contributed by atoms with Gasteiger partial charge in [0, 0.05) is 5.56 Å². The van der Waals surface area contributed by atoms with Crippen LogP contribution < -0.4 is 0 Å². The number of benzene rings is 2. The molecule has 4 nitrogen and oxygen atoms in total. The Hall–Kier alpha value is -2.68. The maximum absolute atomic E-state index is 12.6. The molecule has 0 saturated heterocycles. The molecular formula is C25H30O4Si. The van der Waals surface area contributed by atoms with Gasteiger partial charge in [-0.1, -0.05) is 69.3 Å². The van der Waals surface area contributed by atoms with E-state index >= 15 is 0 Å². The summed E-state index contributed by atoms with van der Waals surface area (Å²) in [6.07, 6.45) is -1.34. The normalized spacial score (nSPS) is 13.5. The van der Waals surface area contributed by atoms with Gasteiger partial charge in [0.15, 0.2) is 14.4 Å². The molecule has 2 aromatic carbocycles. The number of hydrogen-bond acceptors (Lipinski definition) is 4. The molecule has 0 amide bonds. The molecule has 2 rings (SSSR count). The third-order valence-electron chi connectivity index (χ3n) is 5.32. The summed E-state index contributed by atoms with van der Waals surface area (Å²) in [7, 11) is -2.13. The van der Waals surface area contributed by atoms with Crippen molar-refractivity contribution in [2.75, 3.05) is 0 Å². The van der Waals surface area contributed by atoms with Crippen LogP contribution in [0.1, 0.15) is 48.4 Å². The van der Waals surface area contributed by atoms with Gasteiger partial charge in [0.25, 0.3) is 0 Å². The van der Waals surface area contributed by atoms with Gasteiger partial charge in [0.05, 0.1) is 11.7 Å². The van der Waals surface area contributed by atoms with Gasteiger partial charge in [0.2, 0.25) is 5.78 Å². The van der Waals surface area contributed by atoms with Gasteiger partial charge in [-0.05, 0) is 49.0 Å². The Labute approximate surface area is 180 Å². The lowest BCUT2D eigenvalue weighted by Gasteiger charge is -2.39. The van der Waals surface area contributed by atoms with Crippen molar-refractivity contribution in [3.8, 4) is 11.8 Å². The Kier molecular flexibility index (Phi) is 7.77. The monoisotopic (exact) mass is 422 g/mol. The topological polar surface area (TPSA) is 52.6 Å². The van der Waals surface area contributed by atoms with Gasteiger partial charge in [-0.25, -0.2) is 4.79 Å². The number of carbonyl (C=O) groups is 2. The molecule has 0 radical (unpaired) electrons. The third-order valence-corrected chi connectivity index (χ3v) is 9.89. The number of hydrogen-bond donors (Lipinski definition) is 0. The zero-order chi connectivity index (χ0) is 22.4. The van der Waals surface area contributed by atoms with E-state index in [2.05, 4.69) is 45.7 Å². The van der Waals surface area contributed by atoms with Crippen LogP contribution in [0.15, 0.2) is 60.7 Å². The van der Waals surface area contributed by atoms with Crippen molar-refractivity contribution in [1.29, 1.82) is 0 Å². The Balaban J connectivity index is 2.27. The molecule has 0 aliphatic heterocycles. The molecular weight excluding hydrogens is 392 g/mol. The summed E-state index contributed by atoms with van der Waals surface area (Å²) in [5.41, 5.74) is 0.925. The highest BCUT2D eigenvalue weighted by molar-refractivity contribution is 6.74. The van der Waals surface area contributed by atoms with Crippen molar-refractivity contribution in [2.24, 2.45) is 0 Å². The first-order valence-corrected chi connectivity index (χ1v) is 13.0. The average molecular weight is 423 g/mol. The van der Waals surface area contributed by atoms with Crippen LogP contribution >= 0.6 is 0 Å². The van der Waals surface area contributed by atoms with Gasteiger partial charge in [-0.3, -0.25) is 4.79 Å². The largest absolute Gasteiger partial charge is 0.443 e. The second kappa shape index (κ2) is 9.88. The molecule has 0 aromatic heterocycles. The minimum atomic E-state index is -2.13. The van der Waals surface area contributed by atoms with Crippen molar-refractivity contribution in [3.63, 3.8) is 0 Å². The van der Waals surface area contributed by atoms with Gasteiger partial charge in [-0.15, -0.1) is 0 Å². The molecule has 0 fully saturated rings. The van der Waals surface area contributed by atoms with E-state index in [1.165, 1.54) is 0 Å². The molecule has 30 heavy (non-hydrogen) atoms. The fourth-order valence-corrected chi connectivity index (χ4v) is 3.91. The lowest BCUT2D eigenvalue weighted by Crippen LogP contribution is -2.46. The summed E-state index contributed by atoms with van der Waals surface area (Å²) in [5.74, 6) is 4.66. The van der Waals surface area contributed by atoms with Crippen molar-refractivity contribution in [1.82, 2.24) is 0 Å². The summed E-state index contributed by atoms with van der Waals surface area (Å²) in [5, 5.41) is -0.0114. The van der Waals surface area contributed by atoms with Crippen LogP contribution in [-0.4, -0.2) is 32.3 Å². The SMILES string of the molecule is C[C@H](O[Si](C)(C)C(C)(C)C)C(C#CC(=O)c1ccccc1)OC(=O)c1ccccc1. The summed E-state index contributed by atoms with van der Waals surface area (Å²) in [6, 6.07) is 17.5. The second-order valence-electron chi connectivity index (χ2n) is 8.74. The molecule has 0 spiro atoms. The summed E-state index contributed by atoms with van der Waals surface area (Å²) >= 11 is 0. The Morgan fingerprint density at radius 1 is 0.900 bits per heavy atom. The van der Waals surface area contributed by atoms with Gasteiger partial charge < -0.3 is 9.16 Å². The fourth-order valence-electron chi connectivity index (χ4n) is 2.50. The summed E-state index contributed by atoms with van der Waals surface area (Å²) in [6.45, 7) is 12.5. The molecule has 0 bridgehead atoms. The molecule has 0 aliphatic rings. The molecule has 0 heterocycles. The zero-order valence-electron chi connectivity index (χ0n) is 18.6. The molecule has 1 unspecified atom stereocenters. The van der Waals surface area contributed by atoms with Gasteiger partial charge in [0.1, 0.15) is 0 Å². The molecule has 0 saturated carbocycles. The van der Waals surface area contributed by atoms with Crippen molar-refractivity contribution >= 4 is 20.1 Å². The van der Waals surface area contributed by atoms with Crippen LogP contribution in [0, 0.1) is 11.8 Å². The van der Waals surface area contributed by atoms with E-state index in [-0.39, 0.29) is 10.8 Å². The van der Waals surface area contributed by atoms with Crippen LogP contribution in [0.3, 0.4) is 0 Å². The van der Waals surface area contributed by atoms with E-state index in [0.717, 1.165) is 0 Å². The van der Waals surface area contributed by atoms with Crippen molar-refractivity contribution < 1.29 is 18.8 Å². The molecule has 2 atom stereocenters. The molecule has 158 valence electrons. The first-order chi connectivity index (χ1) is 14.0. The quantitative estimate of drug-likeness (QED) is 0.203. The Morgan fingerprint density at radius 3 is 1.90 bits per heavy atom. The number of carbonyl (C=O) groups excluding carboxylic acids is 2. The number of ether oxygens (including phenoxy) is 1. The van der Waals surface area contributed by atoms with Crippen molar-refractivity contribution in [3.05, 3.63) is 71.8 Å². The van der Waals surface area contributed by atoms with Crippen LogP contribution in [0.25, 0.3) is 0 Å². The smallest absolute Gasteiger partial charge is 0.339 e. The Bertz CT molecular complexity index is 918. The number of Topliss-reactive ketones (excluding diaryl/α,β-unsaturated/α-hetero) is 1. The summed E-state index contributed by atoms with van der Waals surface area (Å²) < 4.78 is 12.1. The average Bonchev–Trinajstić information content (AvgIpc) is 2.70. The molecule has 5 heteroatoms. The highest BCUT2D eigenvalue weighted by atomic mass is 28.4. The highest BCUT2D eigenvalue weighted by Gasteiger charge is 2.40. The molecule has 2 aromatic rings. The lowest BCUT2D eigenvalue weighted by molar-refractivity contribution is 0.0121. The van der Waals surface area contributed by atoms with Crippen LogP contribution in [-0.2, 0) is 9.16 Å². The third kappa shape index (κ3) is 6.41. The maximum Gasteiger partial charge on any atom is 0.339 e. The standard InChI is InChI=1S/C25H30O4Si/c1-19(29-30(5,6)25(2,3)4)23(28-24(27)21-15-11-8-12-16-21)18-17-22(26)20-13-9-7-10-14-20/h7-16,19,23H,1-6H3/t19-,23?/m0/s1. The van der Waals surface area contributed by atoms with Crippen molar-refractivity contribution in [2.45, 2.75) is 58.0 Å². The fraction of sp³-hybridized carbons (Fsp3) is 0.360. The van der Waals surface area contributed by atoms with E-state index in [9.17, 15) is 9.59 Å². The van der Waals surface area contributed by atoms with E-state index in [4.69, 9.17) is 9.16 Å². The minimum Gasteiger partial charge on any atom is -0.443 e. The van der Waals surface area contributed by atoms with Gasteiger partial charge >= 0.3 is 5.97 Å². The minimum absolute atomic E-state index is 0.0114. The van der Waals surface area contributed by atoms with Crippen LogP contribution in [0.5, 0.6) is 0 Å². The maximum atomic E-state index is 12.6. The molecule has 0 N–H and O–H groups in total. The first-order valence-electron chi connectivity index (χ1n) is 10.1. The first kappa shape index (κ1) is 23.6. The van der Waals surface area contributed by atoms with E-state index in [1.807, 2.05) is 19.1 Å². The van der Waals surface area contributed by atoms with E-state index in [1.54, 1.807) is 48.5 Å². The molecule has 0 aliphatic carbocycles. The summed E-state index contributed by atoms with van der Waals surface area (Å²) in [4.78, 5) is 25.0. The zero-order valence-corrected chi connectivity index (χ0v) is 19.6.